The number of fused-ring (bicyclic) bond motifs is 4. The van der Waals surface area contributed by atoms with Crippen LogP contribution in [0, 0.1) is 12.1 Å². The van der Waals surface area contributed by atoms with E-state index in [1.807, 2.05) is 97.2 Å². The van der Waals surface area contributed by atoms with Crippen molar-refractivity contribution in [1.29, 1.82) is 0 Å². The van der Waals surface area contributed by atoms with Crippen LogP contribution >= 0.6 is 0 Å². The van der Waals surface area contributed by atoms with Crippen LogP contribution in [0.2, 0.25) is 19.6 Å². The summed E-state index contributed by atoms with van der Waals surface area (Å²) in [5.74, 6) is 1.28. The molecule has 4 heterocycles. The molecular formula is C56H51IrN5OSi-2. The average Bonchev–Trinajstić information content (AvgIpc) is 3.90. The molecule has 4 aromatic heterocycles. The fourth-order valence-electron chi connectivity index (χ4n) is 8.24. The SMILES string of the molecule is CC(C)c1cc(-c2ccccc2)cc(C(C)C)c1-n1c(-c2[c-]ccc3c2oc2ccccc23)nc2nnccc21.[2H]C([2H])(c1ccccc1)c1cc(-c2[c-]cccc2)ncc1[Si](C)(C)C.[Ir]. The fourth-order valence-corrected chi connectivity index (χ4v) is 9.63. The number of hydrogen-bond acceptors (Lipinski definition) is 5. The second-order valence-electron chi connectivity index (χ2n) is 17.5. The second kappa shape index (κ2) is 18.8. The van der Waals surface area contributed by atoms with E-state index in [1.54, 1.807) is 6.20 Å². The summed E-state index contributed by atoms with van der Waals surface area (Å²) in [5.41, 5.74) is 13.0. The smallest absolute Gasteiger partial charge is 0.190 e. The fraction of sp³-hybridized carbons (Fsp3) is 0.179. The van der Waals surface area contributed by atoms with Gasteiger partial charge in [-0.3, -0.25) is 4.98 Å². The van der Waals surface area contributed by atoms with Crippen LogP contribution < -0.4 is 5.19 Å². The van der Waals surface area contributed by atoms with Crippen molar-refractivity contribution in [1.82, 2.24) is 24.7 Å². The topological polar surface area (TPSA) is 69.6 Å². The molecule has 10 aromatic rings. The molecule has 0 amide bonds. The first kappa shape index (κ1) is 41.7. The molecule has 0 saturated heterocycles. The maximum absolute atomic E-state index is 8.84. The summed E-state index contributed by atoms with van der Waals surface area (Å²) in [5, 5.41) is 11.8. The first-order chi connectivity index (χ1) is 31.3. The zero-order chi connectivity index (χ0) is 45.5. The molecule has 0 bridgehead atoms. The van der Waals surface area contributed by atoms with E-state index < -0.39 is 14.4 Å². The third-order valence-corrected chi connectivity index (χ3v) is 13.4. The van der Waals surface area contributed by atoms with Crippen molar-refractivity contribution in [3.05, 3.63) is 192 Å². The van der Waals surface area contributed by atoms with Gasteiger partial charge in [0.25, 0.3) is 0 Å². The molecule has 0 atom stereocenters. The van der Waals surface area contributed by atoms with Gasteiger partial charge in [-0.25, -0.2) is 0 Å². The number of imidazole rings is 1. The molecule has 321 valence electrons. The Labute approximate surface area is 393 Å². The van der Waals surface area contributed by atoms with Crippen molar-refractivity contribution in [2.24, 2.45) is 0 Å². The van der Waals surface area contributed by atoms with Crippen molar-refractivity contribution < 1.29 is 27.3 Å². The van der Waals surface area contributed by atoms with Crippen molar-refractivity contribution in [3.8, 4) is 39.5 Å². The van der Waals surface area contributed by atoms with Crippen LogP contribution in [0.1, 0.15) is 64.5 Å². The normalized spacial score (nSPS) is 12.3. The van der Waals surface area contributed by atoms with Crippen LogP contribution in [-0.4, -0.2) is 32.8 Å². The molecule has 0 aliphatic rings. The Balaban J connectivity index is 0.000000197. The summed E-state index contributed by atoms with van der Waals surface area (Å²) in [7, 11) is -1.76. The minimum Gasteiger partial charge on any atom is -0.501 e. The molecular weight excluding hydrogens is 979 g/mol. The molecule has 0 fully saturated rings. The summed E-state index contributed by atoms with van der Waals surface area (Å²) in [6.07, 6.45) is 2.04. The van der Waals surface area contributed by atoms with Gasteiger partial charge in [0.05, 0.1) is 31.2 Å². The van der Waals surface area contributed by atoms with E-state index in [2.05, 4.69) is 134 Å². The first-order valence-electron chi connectivity index (χ1n) is 22.6. The molecule has 8 heteroatoms. The van der Waals surface area contributed by atoms with E-state index in [0.717, 1.165) is 66.5 Å². The third kappa shape index (κ3) is 8.91. The Bertz CT molecular complexity index is 3260. The minimum absolute atomic E-state index is 0. The molecule has 0 spiro atoms. The van der Waals surface area contributed by atoms with Gasteiger partial charge in [0.15, 0.2) is 5.65 Å². The Morgan fingerprint density at radius 3 is 2.09 bits per heavy atom. The zero-order valence-electron chi connectivity index (χ0n) is 39.1. The van der Waals surface area contributed by atoms with Gasteiger partial charge in [-0.15, -0.1) is 59.2 Å². The van der Waals surface area contributed by atoms with Gasteiger partial charge in [0, 0.05) is 40.1 Å². The molecule has 0 aliphatic heterocycles. The van der Waals surface area contributed by atoms with E-state index in [9.17, 15) is 0 Å². The summed E-state index contributed by atoms with van der Waals surface area (Å²) in [4.78, 5) is 9.68. The van der Waals surface area contributed by atoms with Crippen LogP contribution in [-0.2, 0) is 26.5 Å². The molecule has 6 nitrogen and oxygen atoms in total. The predicted molar refractivity (Wildman–Crippen MR) is 263 cm³/mol. The molecule has 0 unspecified atom stereocenters. The second-order valence-corrected chi connectivity index (χ2v) is 22.6. The van der Waals surface area contributed by atoms with Crippen molar-refractivity contribution >= 4 is 46.4 Å². The number of furan rings is 1. The Morgan fingerprint density at radius 1 is 0.719 bits per heavy atom. The van der Waals surface area contributed by atoms with E-state index in [-0.39, 0.29) is 31.9 Å². The third-order valence-electron chi connectivity index (χ3n) is 11.4. The van der Waals surface area contributed by atoms with E-state index in [1.165, 1.54) is 22.3 Å². The van der Waals surface area contributed by atoms with Gasteiger partial charge in [-0.05, 0) is 81.2 Å². The first-order valence-corrected chi connectivity index (χ1v) is 25.1. The largest absolute Gasteiger partial charge is 0.501 e. The number of rotatable bonds is 9. The Hall–Kier alpha value is -6.31. The number of pyridine rings is 1. The van der Waals surface area contributed by atoms with Crippen LogP contribution in [0.4, 0.5) is 0 Å². The zero-order valence-corrected chi connectivity index (χ0v) is 40.5. The number of aromatic nitrogens is 5. The quantitative estimate of drug-likeness (QED) is 0.106. The Morgan fingerprint density at radius 2 is 1.41 bits per heavy atom. The van der Waals surface area contributed by atoms with E-state index in [4.69, 9.17) is 12.1 Å². The van der Waals surface area contributed by atoms with Crippen molar-refractivity contribution in [2.75, 3.05) is 0 Å². The monoisotopic (exact) mass is 1030 g/mol. The number of nitrogens with zero attached hydrogens (tertiary/aromatic N) is 5. The molecule has 0 saturated carbocycles. The summed E-state index contributed by atoms with van der Waals surface area (Å²) >= 11 is 0. The van der Waals surface area contributed by atoms with E-state index >= 15 is 0 Å². The van der Waals surface area contributed by atoms with Crippen LogP contribution in [0.5, 0.6) is 0 Å². The van der Waals surface area contributed by atoms with Crippen molar-refractivity contribution in [3.63, 3.8) is 0 Å². The van der Waals surface area contributed by atoms with Crippen LogP contribution in [0.25, 0.3) is 72.6 Å². The summed E-state index contributed by atoms with van der Waals surface area (Å²) in [6, 6.07) is 55.0. The van der Waals surface area contributed by atoms with Gasteiger partial charge in [0.2, 0.25) is 0 Å². The van der Waals surface area contributed by atoms with Gasteiger partial charge >= 0.3 is 0 Å². The summed E-state index contributed by atoms with van der Waals surface area (Å²) in [6.45, 7) is 15.7. The van der Waals surface area contributed by atoms with Crippen molar-refractivity contribution in [2.45, 2.75) is 65.5 Å². The van der Waals surface area contributed by atoms with Gasteiger partial charge < -0.3 is 14.0 Å². The van der Waals surface area contributed by atoms with E-state index in [0.29, 0.717) is 11.2 Å². The predicted octanol–water partition coefficient (Wildman–Crippen LogP) is 13.8. The minimum atomic E-state index is -1.76. The maximum atomic E-state index is 8.84. The average molecular weight is 1030 g/mol. The molecule has 0 aliphatic carbocycles. The van der Waals surface area contributed by atoms with Gasteiger partial charge in [-0.2, -0.15) is 5.10 Å². The number of hydrogen-bond donors (Lipinski definition) is 0. The standard InChI is InChI=1S/C35H29N4O.C21H22NSi.Ir/c1-21(2)28-19-24(23-11-6-5-7-12-23)20-29(22(3)4)32(28)39-30-17-18-36-38-34(30)37-35(39)27-15-10-14-26-25-13-8-9-16-31(25)40-33(26)27;1-23(2,3)21-16-22-20(18-12-8-5-9-13-18)15-19(21)14-17-10-6-4-7-11-17;/h5-14,16-22H,1-4H3;4-12,15-16H,14H2,1-3H3;/q2*-1;/i;14D2;. The molecule has 1 radical (unpaired) electrons. The number of para-hydroxylation sites is 1. The van der Waals surface area contributed by atoms with Gasteiger partial charge in [-0.1, -0.05) is 149 Å². The van der Waals surface area contributed by atoms with Crippen LogP contribution in [0.15, 0.2) is 162 Å². The Kier molecular flexibility index (Phi) is 12.2. The number of benzene rings is 6. The van der Waals surface area contributed by atoms with Gasteiger partial charge in [0.1, 0.15) is 5.58 Å². The van der Waals surface area contributed by atoms with Crippen LogP contribution in [0.3, 0.4) is 0 Å². The molecule has 10 rings (SSSR count). The molecule has 0 N–H and O–H groups in total. The molecule has 64 heavy (non-hydrogen) atoms. The maximum Gasteiger partial charge on any atom is 0.190 e. The molecule has 6 aromatic carbocycles. The summed E-state index contributed by atoms with van der Waals surface area (Å²) < 4.78 is 26.4.